The first-order valence-corrected chi connectivity index (χ1v) is 5.10. The number of ketones is 1. The minimum atomic E-state index is -0.340. The van der Waals surface area contributed by atoms with Crippen molar-refractivity contribution in [2.45, 2.75) is 6.92 Å². The number of hydrazone groups is 1. The zero-order chi connectivity index (χ0) is 11.4. The van der Waals surface area contributed by atoms with Gasteiger partial charge in [0, 0.05) is 6.92 Å². The van der Waals surface area contributed by atoms with E-state index in [1.165, 1.54) is 6.92 Å². The summed E-state index contributed by atoms with van der Waals surface area (Å²) in [7, 11) is 0. The van der Waals surface area contributed by atoms with E-state index in [1.807, 2.05) is 0 Å². The van der Waals surface area contributed by atoms with Crippen LogP contribution >= 0.6 is 34.8 Å². The molecule has 3 nitrogen and oxygen atoms in total. The number of nitrogens with one attached hydrogen (secondary N) is 1. The van der Waals surface area contributed by atoms with Crippen LogP contribution in [-0.4, -0.2) is 11.0 Å². The topological polar surface area (TPSA) is 41.5 Å². The highest BCUT2D eigenvalue weighted by molar-refractivity contribution is 6.82. The van der Waals surface area contributed by atoms with Crippen molar-refractivity contribution in [3.8, 4) is 0 Å². The Balaban J connectivity index is 2.91. The molecule has 15 heavy (non-hydrogen) atoms. The molecule has 80 valence electrons. The van der Waals surface area contributed by atoms with E-state index in [4.69, 9.17) is 34.8 Å². The lowest BCUT2D eigenvalue weighted by Crippen LogP contribution is -2.04. The summed E-state index contributed by atoms with van der Waals surface area (Å²) in [6.45, 7) is 1.31. The number of halogens is 3. The second-order valence-electron chi connectivity index (χ2n) is 2.67. The van der Waals surface area contributed by atoms with Gasteiger partial charge in [0.1, 0.15) is 0 Å². The van der Waals surface area contributed by atoms with Crippen molar-refractivity contribution in [1.29, 1.82) is 0 Å². The molecular weight excluding hydrogens is 258 g/mol. The van der Waals surface area contributed by atoms with Crippen LogP contribution in [0.1, 0.15) is 6.92 Å². The number of benzene rings is 1. The van der Waals surface area contributed by atoms with E-state index in [-0.39, 0.29) is 11.0 Å². The van der Waals surface area contributed by atoms with Crippen LogP contribution in [0.15, 0.2) is 23.3 Å². The Labute approximate surface area is 102 Å². The van der Waals surface area contributed by atoms with E-state index in [1.54, 1.807) is 18.2 Å². The maximum absolute atomic E-state index is 10.8. The highest BCUT2D eigenvalue weighted by Gasteiger charge is 2.05. The third-order valence-corrected chi connectivity index (χ3v) is 2.50. The van der Waals surface area contributed by atoms with Gasteiger partial charge in [-0.05, 0) is 12.1 Å². The Morgan fingerprint density at radius 1 is 1.33 bits per heavy atom. The van der Waals surface area contributed by atoms with Gasteiger partial charge in [-0.2, -0.15) is 5.10 Å². The number of carbonyl (C=O) groups is 1. The quantitative estimate of drug-likeness (QED) is 0.671. The fourth-order valence-electron chi connectivity index (χ4n) is 0.788. The summed E-state index contributed by atoms with van der Waals surface area (Å²) in [5, 5.41) is 4.27. The second-order valence-corrected chi connectivity index (χ2v) is 3.84. The standard InChI is InChI=1S/C9H7Cl3N2O/c1-5(15)9(12)14-13-8-6(10)3-2-4-7(8)11/h2-4,13H,1H3/b14-9-. The number of hydrogen-bond donors (Lipinski definition) is 1. The van der Waals surface area contributed by atoms with Gasteiger partial charge in [-0.3, -0.25) is 10.2 Å². The van der Waals surface area contributed by atoms with Crippen molar-refractivity contribution < 1.29 is 4.79 Å². The normalized spacial score (nSPS) is 11.3. The average Bonchev–Trinajstić information content (AvgIpc) is 2.16. The van der Waals surface area contributed by atoms with Crippen LogP contribution in [0.25, 0.3) is 0 Å². The first-order valence-electron chi connectivity index (χ1n) is 3.96. The predicted octanol–water partition coefficient (Wildman–Crippen LogP) is 3.55. The van der Waals surface area contributed by atoms with Crippen molar-refractivity contribution in [1.82, 2.24) is 0 Å². The number of Topliss-reactive ketones (excluding diaryl/α,β-unsaturated/α-hetero) is 1. The van der Waals surface area contributed by atoms with Crippen molar-refractivity contribution >= 4 is 51.4 Å². The van der Waals surface area contributed by atoms with Crippen molar-refractivity contribution in [2.75, 3.05) is 5.43 Å². The van der Waals surface area contributed by atoms with E-state index >= 15 is 0 Å². The lowest BCUT2D eigenvalue weighted by Gasteiger charge is -2.05. The molecule has 0 heterocycles. The summed E-state index contributed by atoms with van der Waals surface area (Å²) >= 11 is 17.2. The van der Waals surface area contributed by atoms with E-state index in [9.17, 15) is 4.79 Å². The highest BCUT2D eigenvalue weighted by Crippen LogP contribution is 2.29. The number of rotatable bonds is 3. The van der Waals surface area contributed by atoms with Crippen molar-refractivity contribution in [3.05, 3.63) is 28.2 Å². The predicted molar refractivity (Wildman–Crippen MR) is 64.1 cm³/mol. The van der Waals surface area contributed by atoms with E-state index in [0.29, 0.717) is 15.7 Å². The van der Waals surface area contributed by atoms with Gasteiger partial charge in [0.2, 0.25) is 0 Å². The molecule has 0 aliphatic heterocycles. The molecule has 0 bridgehead atoms. The summed E-state index contributed by atoms with van der Waals surface area (Å²) in [6, 6.07) is 4.99. The molecule has 1 N–H and O–H groups in total. The zero-order valence-electron chi connectivity index (χ0n) is 7.72. The lowest BCUT2D eigenvalue weighted by atomic mass is 10.3. The first-order chi connectivity index (χ1) is 7.02. The smallest absolute Gasteiger partial charge is 0.191 e. The van der Waals surface area contributed by atoms with Gasteiger partial charge in [0.25, 0.3) is 0 Å². The summed E-state index contributed by atoms with van der Waals surface area (Å²) in [5.41, 5.74) is 2.95. The molecule has 0 fully saturated rings. The maximum atomic E-state index is 10.8. The molecule has 0 saturated heterocycles. The Kier molecular flexibility index (Phi) is 4.39. The van der Waals surface area contributed by atoms with E-state index in [2.05, 4.69) is 10.5 Å². The van der Waals surface area contributed by atoms with Crippen LogP contribution in [0.3, 0.4) is 0 Å². The number of nitrogens with zero attached hydrogens (tertiary/aromatic N) is 1. The molecule has 0 aromatic heterocycles. The van der Waals surface area contributed by atoms with Gasteiger partial charge in [0.05, 0.1) is 15.7 Å². The summed E-state index contributed by atoms with van der Waals surface area (Å²) < 4.78 is 0. The number of hydrogen-bond acceptors (Lipinski definition) is 3. The minimum Gasteiger partial charge on any atom is -0.292 e. The van der Waals surface area contributed by atoms with E-state index < -0.39 is 0 Å². The molecule has 1 rings (SSSR count). The van der Waals surface area contributed by atoms with Crippen molar-refractivity contribution in [2.24, 2.45) is 5.10 Å². The molecule has 0 amide bonds. The van der Waals surface area contributed by atoms with Crippen LogP contribution < -0.4 is 5.43 Å². The van der Waals surface area contributed by atoms with Crippen LogP contribution in [-0.2, 0) is 4.79 Å². The second kappa shape index (κ2) is 5.35. The van der Waals surface area contributed by atoms with Gasteiger partial charge in [-0.15, -0.1) is 0 Å². The van der Waals surface area contributed by atoms with Crippen LogP contribution in [0.5, 0.6) is 0 Å². The Morgan fingerprint density at radius 2 is 1.87 bits per heavy atom. The van der Waals surface area contributed by atoms with Gasteiger partial charge in [-0.1, -0.05) is 40.9 Å². The van der Waals surface area contributed by atoms with Crippen molar-refractivity contribution in [3.63, 3.8) is 0 Å². The highest BCUT2D eigenvalue weighted by atomic mass is 35.5. The zero-order valence-corrected chi connectivity index (χ0v) is 9.99. The Hall–Kier alpha value is -0.770. The minimum absolute atomic E-state index is 0.161. The molecule has 0 atom stereocenters. The SMILES string of the molecule is CC(=O)/C(Cl)=N/Nc1c(Cl)cccc1Cl. The Bertz CT molecular complexity index is 398. The maximum Gasteiger partial charge on any atom is 0.191 e. The molecule has 1 aromatic rings. The average molecular weight is 266 g/mol. The molecule has 1 aromatic carbocycles. The van der Waals surface area contributed by atoms with Gasteiger partial charge in [-0.25, -0.2) is 0 Å². The van der Waals surface area contributed by atoms with Crippen LogP contribution in [0.4, 0.5) is 5.69 Å². The van der Waals surface area contributed by atoms with Crippen LogP contribution in [0, 0.1) is 0 Å². The lowest BCUT2D eigenvalue weighted by molar-refractivity contribution is -0.110. The van der Waals surface area contributed by atoms with E-state index in [0.717, 1.165) is 0 Å². The summed E-state index contributed by atoms with van der Waals surface area (Å²) in [5.74, 6) is -0.340. The molecular formula is C9H7Cl3N2O. The summed E-state index contributed by atoms with van der Waals surface area (Å²) in [4.78, 5) is 10.8. The molecule has 0 aliphatic carbocycles. The van der Waals surface area contributed by atoms with Gasteiger partial charge < -0.3 is 0 Å². The third-order valence-electron chi connectivity index (χ3n) is 1.52. The molecule has 0 unspecified atom stereocenters. The largest absolute Gasteiger partial charge is 0.292 e. The number of para-hydroxylation sites is 1. The molecule has 0 aliphatic rings. The Morgan fingerprint density at radius 3 is 2.33 bits per heavy atom. The van der Waals surface area contributed by atoms with Crippen LogP contribution in [0.2, 0.25) is 10.0 Å². The molecule has 0 saturated carbocycles. The molecule has 0 radical (unpaired) electrons. The third kappa shape index (κ3) is 3.38. The number of carbonyl (C=O) groups excluding carboxylic acids is 1. The van der Waals surface area contributed by atoms with Gasteiger partial charge in [0.15, 0.2) is 11.0 Å². The van der Waals surface area contributed by atoms with Gasteiger partial charge >= 0.3 is 0 Å². The number of anilines is 1. The molecule has 6 heteroatoms. The molecule has 0 spiro atoms. The monoisotopic (exact) mass is 264 g/mol. The first kappa shape index (κ1) is 12.3. The fourth-order valence-corrected chi connectivity index (χ4v) is 1.31. The fraction of sp³-hybridized carbons (Fsp3) is 0.111. The summed E-state index contributed by atoms with van der Waals surface area (Å²) in [6.07, 6.45) is 0.